The van der Waals surface area contributed by atoms with E-state index in [1.54, 1.807) is 6.07 Å². The summed E-state index contributed by atoms with van der Waals surface area (Å²) in [5.41, 5.74) is 1.01. The molecule has 0 aliphatic carbocycles. The highest BCUT2D eigenvalue weighted by atomic mass is 19.1. The van der Waals surface area contributed by atoms with Crippen molar-refractivity contribution in [1.29, 1.82) is 5.26 Å². The van der Waals surface area contributed by atoms with Crippen molar-refractivity contribution in [1.82, 2.24) is 0 Å². The number of ether oxygens (including phenoxy) is 2. The van der Waals surface area contributed by atoms with Crippen LogP contribution in [-0.4, -0.2) is 13.7 Å². The Morgan fingerprint density at radius 2 is 1.90 bits per heavy atom. The van der Waals surface area contributed by atoms with Crippen molar-refractivity contribution in [2.75, 3.05) is 13.7 Å². The molecular formula is C16H14FNO2. The van der Waals surface area contributed by atoms with Gasteiger partial charge in [-0.3, -0.25) is 0 Å². The van der Waals surface area contributed by atoms with Crippen LogP contribution in [0.15, 0.2) is 42.5 Å². The minimum Gasteiger partial charge on any atom is -0.491 e. The zero-order chi connectivity index (χ0) is 14.4. The van der Waals surface area contributed by atoms with Crippen molar-refractivity contribution in [3.8, 4) is 17.6 Å². The molecule has 102 valence electrons. The third-order valence-electron chi connectivity index (χ3n) is 2.88. The quantitative estimate of drug-likeness (QED) is 0.837. The van der Waals surface area contributed by atoms with Gasteiger partial charge in [-0.05, 0) is 17.7 Å². The molecule has 0 radical (unpaired) electrons. The van der Waals surface area contributed by atoms with Gasteiger partial charge in [0.1, 0.15) is 17.4 Å². The molecule has 0 aliphatic rings. The topological polar surface area (TPSA) is 42.2 Å². The van der Waals surface area contributed by atoms with Crippen LogP contribution in [0.5, 0.6) is 11.5 Å². The van der Waals surface area contributed by atoms with Gasteiger partial charge in [0.05, 0.1) is 13.7 Å². The van der Waals surface area contributed by atoms with Crippen LogP contribution < -0.4 is 9.47 Å². The smallest absolute Gasteiger partial charge is 0.181 e. The minimum atomic E-state index is -0.611. The lowest BCUT2D eigenvalue weighted by Crippen LogP contribution is -2.04. The second kappa shape index (κ2) is 6.58. The van der Waals surface area contributed by atoms with Crippen molar-refractivity contribution < 1.29 is 13.9 Å². The molecule has 0 aromatic heterocycles. The fourth-order valence-corrected chi connectivity index (χ4v) is 1.88. The highest BCUT2D eigenvalue weighted by molar-refractivity contribution is 5.53. The van der Waals surface area contributed by atoms with Gasteiger partial charge in [0.15, 0.2) is 11.5 Å². The monoisotopic (exact) mass is 271 g/mol. The first kappa shape index (κ1) is 13.9. The number of hydrogen-bond donors (Lipinski definition) is 0. The van der Waals surface area contributed by atoms with Crippen molar-refractivity contribution in [2.45, 2.75) is 6.42 Å². The van der Waals surface area contributed by atoms with E-state index in [-0.39, 0.29) is 11.3 Å². The number of rotatable bonds is 5. The Morgan fingerprint density at radius 3 is 2.55 bits per heavy atom. The second-order valence-electron chi connectivity index (χ2n) is 4.15. The van der Waals surface area contributed by atoms with E-state index in [1.807, 2.05) is 30.3 Å². The van der Waals surface area contributed by atoms with Gasteiger partial charge in [-0.1, -0.05) is 30.3 Å². The van der Waals surface area contributed by atoms with Crippen LogP contribution in [-0.2, 0) is 6.42 Å². The average molecular weight is 271 g/mol. The van der Waals surface area contributed by atoms with Crippen molar-refractivity contribution in [3.63, 3.8) is 0 Å². The molecule has 20 heavy (non-hydrogen) atoms. The molecule has 0 atom stereocenters. The van der Waals surface area contributed by atoms with Crippen LogP contribution in [0.25, 0.3) is 0 Å². The molecule has 4 heteroatoms. The molecule has 0 fully saturated rings. The molecule has 0 N–H and O–H groups in total. The number of methoxy groups -OCH3 is 1. The van der Waals surface area contributed by atoms with Gasteiger partial charge in [-0.15, -0.1) is 0 Å². The number of hydrogen-bond acceptors (Lipinski definition) is 3. The number of nitrogens with zero attached hydrogens (tertiary/aromatic N) is 1. The molecule has 2 aromatic carbocycles. The highest BCUT2D eigenvalue weighted by Crippen LogP contribution is 2.32. The molecule has 0 spiro atoms. The summed E-state index contributed by atoms with van der Waals surface area (Å²) in [5, 5.41) is 8.93. The number of benzene rings is 2. The predicted molar refractivity (Wildman–Crippen MR) is 73.3 cm³/mol. The van der Waals surface area contributed by atoms with Crippen LogP contribution in [0.2, 0.25) is 0 Å². The van der Waals surface area contributed by atoms with Gasteiger partial charge in [-0.2, -0.15) is 5.26 Å². The largest absolute Gasteiger partial charge is 0.491 e. The lowest BCUT2D eigenvalue weighted by atomic mass is 10.1. The molecule has 0 saturated heterocycles. The number of nitriles is 1. The van der Waals surface area contributed by atoms with E-state index < -0.39 is 5.82 Å². The Kier molecular flexibility index (Phi) is 4.56. The molecule has 0 heterocycles. The van der Waals surface area contributed by atoms with Gasteiger partial charge < -0.3 is 9.47 Å². The highest BCUT2D eigenvalue weighted by Gasteiger charge is 2.15. The van der Waals surface area contributed by atoms with Crippen LogP contribution in [0.1, 0.15) is 11.1 Å². The molecule has 0 saturated carbocycles. The van der Waals surface area contributed by atoms with E-state index in [0.717, 1.165) is 12.0 Å². The summed E-state index contributed by atoms with van der Waals surface area (Å²) in [6.07, 6.45) is 0.725. The Labute approximate surface area is 117 Å². The molecule has 3 nitrogen and oxygen atoms in total. The van der Waals surface area contributed by atoms with Crippen LogP contribution in [0.4, 0.5) is 4.39 Å². The van der Waals surface area contributed by atoms with E-state index in [4.69, 9.17) is 14.7 Å². The van der Waals surface area contributed by atoms with Crippen molar-refractivity contribution >= 4 is 0 Å². The summed E-state index contributed by atoms with van der Waals surface area (Å²) >= 11 is 0. The van der Waals surface area contributed by atoms with Gasteiger partial charge in [0.25, 0.3) is 0 Å². The van der Waals surface area contributed by atoms with Crippen molar-refractivity contribution in [2.24, 2.45) is 0 Å². The van der Waals surface area contributed by atoms with E-state index in [2.05, 4.69) is 0 Å². The summed E-state index contributed by atoms with van der Waals surface area (Å²) < 4.78 is 24.1. The average Bonchev–Trinajstić information content (AvgIpc) is 2.49. The van der Waals surface area contributed by atoms with Crippen molar-refractivity contribution in [3.05, 3.63) is 59.4 Å². The first-order chi connectivity index (χ1) is 9.76. The van der Waals surface area contributed by atoms with E-state index in [1.165, 1.54) is 19.2 Å². The summed E-state index contributed by atoms with van der Waals surface area (Å²) in [6, 6.07) is 14.3. The first-order valence-corrected chi connectivity index (χ1v) is 6.19. The van der Waals surface area contributed by atoms with E-state index in [9.17, 15) is 4.39 Å². The van der Waals surface area contributed by atoms with Gasteiger partial charge in [-0.25, -0.2) is 4.39 Å². The van der Waals surface area contributed by atoms with Gasteiger partial charge >= 0.3 is 0 Å². The second-order valence-corrected chi connectivity index (χ2v) is 4.15. The summed E-state index contributed by atoms with van der Waals surface area (Å²) in [7, 11) is 1.39. The van der Waals surface area contributed by atoms with Gasteiger partial charge in [0, 0.05) is 6.42 Å². The fourth-order valence-electron chi connectivity index (χ4n) is 1.88. The predicted octanol–water partition coefficient (Wildman–Crippen LogP) is 3.33. The van der Waals surface area contributed by atoms with Crippen LogP contribution >= 0.6 is 0 Å². The lowest BCUT2D eigenvalue weighted by Gasteiger charge is -2.12. The Hall–Kier alpha value is -2.54. The van der Waals surface area contributed by atoms with Crippen LogP contribution in [0, 0.1) is 17.1 Å². The standard InChI is InChI=1S/C16H14FNO2/c1-19-16-13(11-18)14(17)7-8-15(16)20-10-9-12-5-3-2-4-6-12/h2-8H,9-10H2,1H3. The third-order valence-corrected chi connectivity index (χ3v) is 2.88. The maximum absolute atomic E-state index is 13.4. The first-order valence-electron chi connectivity index (χ1n) is 6.19. The molecule has 2 aromatic rings. The molecule has 0 bridgehead atoms. The molecule has 0 amide bonds. The summed E-state index contributed by atoms with van der Waals surface area (Å²) in [5.74, 6) is -0.0956. The molecular weight excluding hydrogens is 257 g/mol. The summed E-state index contributed by atoms with van der Waals surface area (Å²) in [4.78, 5) is 0. The Balaban J connectivity index is 2.08. The van der Waals surface area contributed by atoms with E-state index >= 15 is 0 Å². The molecule has 0 aliphatic heterocycles. The zero-order valence-electron chi connectivity index (χ0n) is 11.1. The zero-order valence-corrected chi connectivity index (χ0v) is 11.1. The van der Waals surface area contributed by atoms with Crippen LogP contribution in [0.3, 0.4) is 0 Å². The molecule has 2 rings (SSSR count). The molecule has 0 unspecified atom stereocenters. The third kappa shape index (κ3) is 3.07. The Bertz CT molecular complexity index is 620. The Morgan fingerprint density at radius 1 is 1.15 bits per heavy atom. The minimum absolute atomic E-state index is 0.135. The lowest BCUT2D eigenvalue weighted by molar-refractivity contribution is 0.296. The SMILES string of the molecule is COc1c(OCCc2ccccc2)ccc(F)c1C#N. The van der Waals surface area contributed by atoms with E-state index in [0.29, 0.717) is 12.4 Å². The van der Waals surface area contributed by atoms with Gasteiger partial charge in [0.2, 0.25) is 0 Å². The number of halogens is 1. The normalized spacial score (nSPS) is 9.85. The summed E-state index contributed by atoms with van der Waals surface area (Å²) in [6.45, 7) is 0.427. The fraction of sp³-hybridized carbons (Fsp3) is 0.188. The maximum Gasteiger partial charge on any atom is 0.181 e. The maximum atomic E-state index is 13.4.